The first-order valence-corrected chi connectivity index (χ1v) is 9.51. The van der Waals surface area contributed by atoms with E-state index in [4.69, 9.17) is 16.3 Å². The van der Waals surface area contributed by atoms with E-state index in [0.29, 0.717) is 21.7 Å². The van der Waals surface area contributed by atoms with Gasteiger partial charge in [-0.2, -0.15) is 0 Å². The summed E-state index contributed by atoms with van der Waals surface area (Å²) in [5.41, 5.74) is 1.64. The van der Waals surface area contributed by atoms with Gasteiger partial charge in [-0.25, -0.2) is 4.99 Å². The van der Waals surface area contributed by atoms with Crippen molar-refractivity contribution >= 4 is 62.1 Å². The van der Waals surface area contributed by atoms with E-state index in [-0.39, 0.29) is 5.91 Å². The Labute approximate surface area is 163 Å². The Morgan fingerprint density at radius 2 is 2.04 bits per heavy atom. The molecule has 0 radical (unpaired) electrons. The molecule has 2 aromatic carbocycles. The number of thioether (sulfide) groups is 1. The molecule has 25 heavy (non-hydrogen) atoms. The summed E-state index contributed by atoms with van der Waals surface area (Å²) in [6, 6.07) is 12.8. The fraction of sp³-hybridized carbons (Fsp3) is 0.111. The number of amides is 1. The first-order valence-electron chi connectivity index (χ1n) is 7.52. The Morgan fingerprint density at radius 1 is 1.28 bits per heavy atom. The lowest BCUT2D eigenvalue weighted by Gasteiger charge is -2.06. The van der Waals surface area contributed by atoms with Crippen molar-refractivity contribution in [2.75, 3.05) is 6.61 Å². The average Bonchev–Trinajstić information content (AvgIpc) is 2.92. The Kier molecular flexibility index (Phi) is 5.83. The van der Waals surface area contributed by atoms with Gasteiger partial charge in [-0.15, -0.1) is 0 Å². The minimum absolute atomic E-state index is 0.164. The molecule has 3 rings (SSSR count). The molecule has 1 aliphatic rings. The molecule has 0 saturated carbocycles. The fourth-order valence-corrected chi connectivity index (χ4v) is 3.62. The van der Waals surface area contributed by atoms with Crippen molar-refractivity contribution < 1.29 is 9.53 Å². The maximum atomic E-state index is 12.1. The number of nitrogens with one attached hydrogen (secondary N) is 1. The molecule has 7 heteroatoms. The van der Waals surface area contributed by atoms with Gasteiger partial charge in [-0.05, 0) is 82.7 Å². The molecule has 0 atom stereocenters. The predicted molar refractivity (Wildman–Crippen MR) is 108 cm³/mol. The SMILES string of the molecule is CCOc1ccc(C=C2SC(=Nc3ccc(Cl)cc3)NC2=O)cc1Br. The van der Waals surface area contributed by atoms with E-state index in [1.165, 1.54) is 11.8 Å². The van der Waals surface area contributed by atoms with Crippen LogP contribution in [0.4, 0.5) is 5.69 Å². The smallest absolute Gasteiger partial charge is 0.264 e. The Bertz CT molecular complexity index is 866. The fourth-order valence-electron chi connectivity index (χ4n) is 2.14. The van der Waals surface area contributed by atoms with E-state index in [0.717, 1.165) is 21.5 Å². The zero-order valence-corrected chi connectivity index (χ0v) is 16.4. The van der Waals surface area contributed by atoms with Crippen LogP contribution in [-0.2, 0) is 4.79 Å². The highest BCUT2D eigenvalue weighted by Gasteiger charge is 2.23. The van der Waals surface area contributed by atoms with Gasteiger partial charge in [-0.3, -0.25) is 4.79 Å². The van der Waals surface area contributed by atoms with Crippen molar-refractivity contribution in [3.63, 3.8) is 0 Å². The second kappa shape index (κ2) is 8.08. The summed E-state index contributed by atoms with van der Waals surface area (Å²) in [5, 5.41) is 3.96. The molecule has 0 unspecified atom stereocenters. The number of carbonyl (C=O) groups excluding carboxylic acids is 1. The molecule has 0 aromatic heterocycles. The van der Waals surface area contributed by atoms with Gasteiger partial charge in [0.25, 0.3) is 5.91 Å². The number of hydrogen-bond acceptors (Lipinski definition) is 4. The molecule has 1 amide bonds. The number of ether oxygens (including phenoxy) is 1. The van der Waals surface area contributed by atoms with Gasteiger partial charge in [-0.1, -0.05) is 17.7 Å². The van der Waals surface area contributed by atoms with Crippen molar-refractivity contribution in [2.24, 2.45) is 4.99 Å². The number of halogens is 2. The predicted octanol–water partition coefficient (Wildman–Crippen LogP) is 5.39. The molecule has 0 spiro atoms. The summed E-state index contributed by atoms with van der Waals surface area (Å²) < 4.78 is 6.34. The standard InChI is InChI=1S/C18H14BrClN2O2S/c1-2-24-15-8-3-11(9-14(15)19)10-16-17(23)22-18(25-16)21-13-6-4-12(20)5-7-13/h3-10H,2H2,1H3,(H,21,22,23). The van der Waals surface area contributed by atoms with E-state index in [1.807, 2.05) is 31.2 Å². The zero-order valence-electron chi connectivity index (χ0n) is 13.3. The molecule has 1 saturated heterocycles. The van der Waals surface area contributed by atoms with Gasteiger partial charge < -0.3 is 10.1 Å². The normalized spacial score (nSPS) is 17.2. The quantitative estimate of drug-likeness (QED) is 0.652. The Balaban J connectivity index is 1.79. The van der Waals surface area contributed by atoms with E-state index < -0.39 is 0 Å². The van der Waals surface area contributed by atoms with Gasteiger partial charge in [0.1, 0.15) is 5.75 Å². The van der Waals surface area contributed by atoms with Crippen LogP contribution in [0, 0.1) is 0 Å². The van der Waals surface area contributed by atoms with Gasteiger partial charge in [0.05, 0.1) is 21.7 Å². The van der Waals surface area contributed by atoms with Crippen molar-refractivity contribution in [1.82, 2.24) is 5.32 Å². The molecule has 1 aliphatic heterocycles. The first kappa shape index (κ1) is 18.0. The van der Waals surface area contributed by atoms with Crippen molar-refractivity contribution in [3.05, 3.63) is 62.4 Å². The summed E-state index contributed by atoms with van der Waals surface area (Å²) in [7, 11) is 0. The number of benzene rings is 2. The lowest BCUT2D eigenvalue weighted by atomic mass is 10.2. The van der Waals surface area contributed by atoms with Gasteiger partial charge in [0, 0.05) is 5.02 Å². The third-order valence-electron chi connectivity index (χ3n) is 3.26. The summed E-state index contributed by atoms with van der Waals surface area (Å²) in [4.78, 5) is 17.2. The summed E-state index contributed by atoms with van der Waals surface area (Å²) >= 11 is 10.6. The second-order valence-electron chi connectivity index (χ2n) is 5.08. The van der Waals surface area contributed by atoms with E-state index in [1.54, 1.807) is 24.3 Å². The van der Waals surface area contributed by atoms with E-state index in [9.17, 15) is 4.79 Å². The molecule has 1 heterocycles. The van der Waals surface area contributed by atoms with Crippen LogP contribution in [0.25, 0.3) is 6.08 Å². The molecule has 1 fully saturated rings. The van der Waals surface area contributed by atoms with E-state index in [2.05, 4.69) is 26.2 Å². The minimum atomic E-state index is -0.164. The van der Waals surface area contributed by atoms with Crippen LogP contribution >= 0.6 is 39.3 Å². The summed E-state index contributed by atoms with van der Waals surface area (Å²) in [5.74, 6) is 0.612. The zero-order chi connectivity index (χ0) is 17.8. The molecule has 0 aliphatic carbocycles. The highest BCUT2D eigenvalue weighted by atomic mass is 79.9. The second-order valence-corrected chi connectivity index (χ2v) is 7.40. The van der Waals surface area contributed by atoms with Crippen LogP contribution in [-0.4, -0.2) is 17.7 Å². The largest absolute Gasteiger partial charge is 0.493 e. The van der Waals surface area contributed by atoms with Gasteiger partial charge in [0.15, 0.2) is 5.17 Å². The molecule has 1 N–H and O–H groups in total. The van der Waals surface area contributed by atoms with Crippen LogP contribution in [0.2, 0.25) is 5.02 Å². The number of amidine groups is 1. The number of carbonyl (C=O) groups is 1. The number of hydrogen-bond donors (Lipinski definition) is 1. The molecular formula is C18H14BrClN2O2S. The highest BCUT2D eigenvalue weighted by Crippen LogP contribution is 2.31. The highest BCUT2D eigenvalue weighted by molar-refractivity contribution is 9.10. The number of nitrogens with zero attached hydrogens (tertiary/aromatic N) is 1. The molecule has 2 aromatic rings. The third kappa shape index (κ3) is 4.66. The third-order valence-corrected chi connectivity index (χ3v) is 5.04. The van der Waals surface area contributed by atoms with Crippen LogP contribution in [0.3, 0.4) is 0 Å². The molecular weight excluding hydrogens is 424 g/mol. The topological polar surface area (TPSA) is 50.7 Å². The average molecular weight is 438 g/mol. The lowest BCUT2D eigenvalue weighted by molar-refractivity contribution is -0.115. The maximum Gasteiger partial charge on any atom is 0.264 e. The Morgan fingerprint density at radius 3 is 2.72 bits per heavy atom. The maximum absolute atomic E-state index is 12.1. The lowest BCUT2D eigenvalue weighted by Crippen LogP contribution is -2.19. The number of aliphatic imine (C=N–C) groups is 1. The summed E-state index contributed by atoms with van der Waals surface area (Å²) in [6.45, 7) is 2.53. The number of rotatable bonds is 4. The van der Waals surface area contributed by atoms with Gasteiger partial charge in [0.2, 0.25) is 0 Å². The van der Waals surface area contributed by atoms with Crippen molar-refractivity contribution in [3.8, 4) is 5.75 Å². The van der Waals surface area contributed by atoms with Crippen LogP contribution in [0.1, 0.15) is 12.5 Å². The Hall–Kier alpha value is -1.76. The first-order chi connectivity index (χ1) is 12.0. The minimum Gasteiger partial charge on any atom is -0.493 e. The van der Waals surface area contributed by atoms with Crippen LogP contribution in [0.5, 0.6) is 5.75 Å². The van der Waals surface area contributed by atoms with Gasteiger partial charge >= 0.3 is 0 Å². The van der Waals surface area contributed by atoms with Crippen molar-refractivity contribution in [1.29, 1.82) is 0 Å². The van der Waals surface area contributed by atoms with E-state index >= 15 is 0 Å². The van der Waals surface area contributed by atoms with Crippen LogP contribution < -0.4 is 10.1 Å². The molecule has 0 bridgehead atoms. The van der Waals surface area contributed by atoms with Crippen LogP contribution in [0.15, 0.2) is 56.8 Å². The molecule has 4 nitrogen and oxygen atoms in total. The summed E-state index contributed by atoms with van der Waals surface area (Å²) in [6.07, 6.45) is 1.82. The molecule has 128 valence electrons. The van der Waals surface area contributed by atoms with Crippen molar-refractivity contribution in [2.45, 2.75) is 6.92 Å². The monoisotopic (exact) mass is 436 g/mol.